The van der Waals surface area contributed by atoms with Crippen molar-refractivity contribution in [1.29, 1.82) is 0 Å². The monoisotopic (exact) mass is 314 g/mol. The summed E-state index contributed by atoms with van der Waals surface area (Å²) in [5.41, 5.74) is 0.937. The van der Waals surface area contributed by atoms with E-state index in [-0.39, 0.29) is 0 Å². The van der Waals surface area contributed by atoms with Crippen molar-refractivity contribution in [3.05, 3.63) is 64.1 Å². The van der Waals surface area contributed by atoms with E-state index in [2.05, 4.69) is 15.5 Å². The third kappa shape index (κ3) is 3.20. The molecular formula is C15H14N4O2S. The summed E-state index contributed by atoms with van der Waals surface area (Å²) >= 11 is 1.60. The molecule has 0 saturated carbocycles. The quantitative estimate of drug-likeness (QED) is 0.754. The molecule has 0 aliphatic heterocycles. The van der Waals surface area contributed by atoms with Gasteiger partial charge in [0.2, 0.25) is 0 Å². The lowest BCUT2D eigenvalue weighted by Gasteiger charge is -2.14. The summed E-state index contributed by atoms with van der Waals surface area (Å²) in [4.78, 5) is 12.7. The van der Waals surface area contributed by atoms with Crippen molar-refractivity contribution in [3.63, 3.8) is 0 Å². The summed E-state index contributed by atoms with van der Waals surface area (Å²) in [6, 6.07) is 12.6. The predicted octanol–water partition coefficient (Wildman–Crippen LogP) is 2.19. The Bertz CT molecular complexity index is 740. The van der Waals surface area contributed by atoms with Gasteiger partial charge >= 0.3 is 5.97 Å². The molecule has 3 aromatic rings. The average molecular weight is 314 g/mol. The third-order valence-electron chi connectivity index (χ3n) is 3.33. The number of rotatable bonds is 6. The largest absolute Gasteiger partial charge is 0.480 e. The molecule has 2 heterocycles. The lowest BCUT2D eigenvalue weighted by atomic mass is 10.1. The van der Waals surface area contributed by atoms with Crippen molar-refractivity contribution in [2.45, 2.75) is 18.9 Å². The van der Waals surface area contributed by atoms with Crippen LogP contribution in [0.4, 0.5) is 0 Å². The van der Waals surface area contributed by atoms with Crippen LogP contribution in [0.2, 0.25) is 0 Å². The van der Waals surface area contributed by atoms with Crippen molar-refractivity contribution >= 4 is 17.3 Å². The Balaban J connectivity index is 1.86. The van der Waals surface area contributed by atoms with Crippen molar-refractivity contribution in [1.82, 2.24) is 20.2 Å². The van der Waals surface area contributed by atoms with Crippen molar-refractivity contribution in [2.24, 2.45) is 0 Å². The summed E-state index contributed by atoms with van der Waals surface area (Å²) < 4.78 is 1.41. The Morgan fingerprint density at radius 1 is 1.23 bits per heavy atom. The zero-order valence-electron chi connectivity index (χ0n) is 11.7. The van der Waals surface area contributed by atoms with Crippen molar-refractivity contribution in [2.75, 3.05) is 0 Å². The molecule has 6 nitrogen and oxygen atoms in total. The van der Waals surface area contributed by atoms with Gasteiger partial charge in [-0.1, -0.05) is 36.4 Å². The van der Waals surface area contributed by atoms with E-state index in [1.54, 1.807) is 11.3 Å². The zero-order valence-corrected chi connectivity index (χ0v) is 12.5. The highest BCUT2D eigenvalue weighted by Crippen LogP contribution is 2.18. The average Bonchev–Trinajstić information content (AvgIpc) is 3.18. The van der Waals surface area contributed by atoms with E-state index in [0.717, 1.165) is 10.4 Å². The molecule has 1 atom stereocenters. The smallest absolute Gasteiger partial charge is 0.328 e. The lowest BCUT2D eigenvalue weighted by Crippen LogP contribution is -2.24. The Kier molecular flexibility index (Phi) is 4.24. The molecule has 0 aliphatic rings. The highest BCUT2D eigenvalue weighted by atomic mass is 32.1. The van der Waals surface area contributed by atoms with Gasteiger partial charge in [0, 0.05) is 17.7 Å². The van der Waals surface area contributed by atoms with Gasteiger partial charge in [-0.3, -0.25) is 0 Å². The first-order valence-corrected chi connectivity index (χ1v) is 7.68. The molecule has 7 heteroatoms. The van der Waals surface area contributed by atoms with Crippen LogP contribution in [0, 0.1) is 0 Å². The highest BCUT2D eigenvalue weighted by molar-refractivity contribution is 7.09. The second-order valence-corrected chi connectivity index (χ2v) is 5.87. The molecule has 0 saturated heterocycles. The molecule has 0 aliphatic carbocycles. The van der Waals surface area contributed by atoms with E-state index >= 15 is 0 Å². The van der Waals surface area contributed by atoms with Crippen LogP contribution in [0.3, 0.4) is 0 Å². The number of nitrogens with zero attached hydrogens (tertiary/aromatic N) is 4. The van der Waals surface area contributed by atoms with Gasteiger partial charge in [0.05, 0.1) is 0 Å². The summed E-state index contributed by atoms with van der Waals surface area (Å²) in [6.45, 7) is 0. The molecule has 2 aromatic heterocycles. The van der Waals surface area contributed by atoms with Gasteiger partial charge in [0.15, 0.2) is 11.9 Å². The maximum atomic E-state index is 11.6. The summed E-state index contributed by atoms with van der Waals surface area (Å²) in [5.74, 6) is -0.380. The Labute approximate surface area is 131 Å². The SMILES string of the molecule is O=C(O)C(Cc1ccccc1)n1nnnc1Cc1cccs1. The summed E-state index contributed by atoms with van der Waals surface area (Å²) in [6.07, 6.45) is 0.877. The fourth-order valence-corrected chi connectivity index (χ4v) is 2.96. The van der Waals surface area contributed by atoms with Crippen LogP contribution in [-0.2, 0) is 17.6 Å². The molecule has 0 spiro atoms. The first-order valence-electron chi connectivity index (χ1n) is 6.80. The first kappa shape index (κ1) is 14.4. The number of thiophene rings is 1. The number of benzene rings is 1. The summed E-state index contributed by atoms with van der Waals surface area (Å²) in [7, 11) is 0. The van der Waals surface area contributed by atoms with Crippen LogP contribution in [0.5, 0.6) is 0 Å². The van der Waals surface area contributed by atoms with E-state index in [4.69, 9.17) is 0 Å². The normalized spacial score (nSPS) is 12.2. The van der Waals surface area contributed by atoms with Gasteiger partial charge in [-0.25, -0.2) is 9.48 Å². The number of carboxylic acid groups (broad SMARTS) is 1. The molecule has 1 N–H and O–H groups in total. The first-order chi connectivity index (χ1) is 10.7. The number of aromatic nitrogens is 4. The molecular weight excluding hydrogens is 300 g/mol. The molecule has 1 aromatic carbocycles. The minimum Gasteiger partial charge on any atom is -0.480 e. The molecule has 0 bridgehead atoms. The van der Waals surface area contributed by atoms with Crippen LogP contribution in [-0.4, -0.2) is 31.3 Å². The molecule has 1 unspecified atom stereocenters. The van der Waals surface area contributed by atoms with Crippen molar-refractivity contribution in [3.8, 4) is 0 Å². The van der Waals surface area contributed by atoms with Gasteiger partial charge in [-0.2, -0.15) is 0 Å². The number of tetrazole rings is 1. The summed E-state index contributed by atoms with van der Waals surface area (Å²) in [5, 5.41) is 23.0. The standard InChI is InChI=1S/C15H14N4O2S/c20-15(21)13(9-11-5-2-1-3-6-11)19-14(16-17-18-19)10-12-7-4-8-22-12/h1-8,13H,9-10H2,(H,20,21). The number of aliphatic carboxylic acids is 1. The van der Waals surface area contributed by atoms with Crippen molar-refractivity contribution < 1.29 is 9.90 Å². The number of hydrogen-bond acceptors (Lipinski definition) is 5. The van der Waals surface area contributed by atoms with Gasteiger partial charge in [-0.05, 0) is 27.4 Å². The maximum absolute atomic E-state index is 11.6. The Morgan fingerprint density at radius 2 is 2.05 bits per heavy atom. The van der Waals surface area contributed by atoms with Gasteiger partial charge < -0.3 is 5.11 Å². The number of hydrogen-bond donors (Lipinski definition) is 1. The van der Waals surface area contributed by atoms with E-state index in [1.165, 1.54) is 4.68 Å². The van der Waals surface area contributed by atoms with Crippen LogP contribution in [0.15, 0.2) is 47.8 Å². The van der Waals surface area contributed by atoms with E-state index in [1.807, 2.05) is 47.8 Å². The molecule has 112 valence electrons. The van der Waals surface area contributed by atoms with Gasteiger partial charge in [0.25, 0.3) is 0 Å². The highest BCUT2D eigenvalue weighted by Gasteiger charge is 2.25. The zero-order chi connectivity index (χ0) is 15.4. The van der Waals surface area contributed by atoms with E-state index in [9.17, 15) is 9.90 Å². The molecule has 0 radical (unpaired) electrons. The second kappa shape index (κ2) is 6.48. The van der Waals surface area contributed by atoms with Crippen LogP contribution >= 0.6 is 11.3 Å². The molecule has 3 rings (SSSR count). The van der Waals surface area contributed by atoms with Crippen LogP contribution in [0.25, 0.3) is 0 Å². The minimum atomic E-state index is -0.941. The topological polar surface area (TPSA) is 80.9 Å². The number of carboxylic acids is 1. The third-order valence-corrected chi connectivity index (χ3v) is 4.20. The molecule has 0 fully saturated rings. The van der Waals surface area contributed by atoms with E-state index in [0.29, 0.717) is 18.7 Å². The fraction of sp³-hybridized carbons (Fsp3) is 0.200. The lowest BCUT2D eigenvalue weighted by molar-refractivity contribution is -0.141. The van der Waals surface area contributed by atoms with Gasteiger partial charge in [-0.15, -0.1) is 16.4 Å². The molecule has 0 amide bonds. The molecule has 22 heavy (non-hydrogen) atoms. The maximum Gasteiger partial charge on any atom is 0.328 e. The minimum absolute atomic E-state index is 0.346. The van der Waals surface area contributed by atoms with Crippen LogP contribution < -0.4 is 0 Å². The van der Waals surface area contributed by atoms with E-state index < -0.39 is 12.0 Å². The van der Waals surface area contributed by atoms with Gasteiger partial charge in [0.1, 0.15) is 0 Å². The fourth-order valence-electron chi connectivity index (χ4n) is 2.26. The predicted molar refractivity (Wildman–Crippen MR) is 81.8 cm³/mol. The Morgan fingerprint density at radius 3 is 2.73 bits per heavy atom. The Hall–Kier alpha value is -2.54. The van der Waals surface area contributed by atoms with Crippen LogP contribution in [0.1, 0.15) is 22.3 Å². The number of carbonyl (C=O) groups is 1. The second-order valence-electron chi connectivity index (χ2n) is 4.84.